The Morgan fingerprint density at radius 1 is 0.963 bits per heavy atom. The summed E-state index contributed by atoms with van der Waals surface area (Å²) < 4.78 is 12.5. The summed E-state index contributed by atoms with van der Waals surface area (Å²) in [6.45, 7) is 5.17. The van der Waals surface area contributed by atoms with Gasteiger partial charge >= 0.3 is 0 Å². The SMILES string of the molecule is CC.CC(F)C(=O)Nc1ccc(C#N)cc1.N#Cc1ccc(NC=O)cc1. The van der Waals surface area contributed by atoms with Gasteiger partial charge in [0.1, 0.15) is 0 Å². The molecule has 1 atom stereocenters. The molecule has 7 heteroatoms. The normalized spacial score (nSPS) is 9.56. The Morgan fingerprint density at radius 3 is 1.70 bits per heavy atom. The third kappa shape index (κ3) is 9.37. The van der Waals surface area contributed by atoms with Gasteiger partial charge in [-0.15, -0.1) is 0 Å². The zero-order valence-corrected chi connectivity index (χ0v) is 15.4. The first-order valence-corrected chi connectivity index (χ1v) is 8.15. The molecule has 0 fully saturated rings. The summed E-state index contributed by atoms with van der Waals surface area (Å²) in [4.78, 5) is 20.9. The summed E-state index contributed by atoms with van der Waals surface area (Å²) in [7, 11) is 0. The molecule has 2 N–H and O–H groups in total. The van der Waals surface area contributed by atoms with Crippen LogP contribution in [0.4, 0.5) is 15.8 Å². The maximum atomic E-state index is 12.5. The van der Waals surface area contributed by atoms with E-state index in [0.717, 1.165) is 0 Å². The number of halogens is 1. The lowest BCUT2D eigenvalue weighted by Crippen LogP contribution is -2.20. The van der Waals surface area contributed by atoms with Crippen molar-refractivity contribution in [3.8, 4) is 12.1 Å². The lowest BCUT2D eigenvalue weighted by atomic mass is 10.2. The monoisotopic (exact) mass is 368 g/mol. The Bertz CT molecular complexity index is 789. The average molecular weight is 368 g/mol. The molecule has 0 saturated heterocycles. The first-order valence-electron chi connectivity index (χ1n) is 8.15. The van der Waals surface area contributed by atoms with Crippen LogP contribution in [0.2, 0.25) is 0 Å². The molecule has 0 aromatic heterocycles. The van der Waals surface area contributed by atoms with E-state index in [1.54, 1.807) is 48.5 Å². The second kappa shape index (κ2) is 13.6. The Hall–Kier alpha value is -3.71. The fourth-order valence-corrected chi connectivity index (χ4v) is 1.58. The van der Waals surface area contributed by atoms with Gasteiger partial charge in [-0.1, -0.05) is 13.8 Å². The van der Waals surface area contributed by atoms with Crippen LogP contribution in [0.15, 0.2) is 48.5 Å². The van der Waals surface area contributed by atoms with E-state index in [9.17, 15) is 14.0 Å². The van der Waals surface area contributed by atoms with Gasteiger partial charge in [-0.2, -0.15) is 10.5 Å². The third-order valence-electron chi connectivity index (χ3n) is 2.88. The standard InChI is InChI=1S/C10H9FN2O.C8H6N2O.C2H6/c1-7(11)10(14)13-9-4-2-8(6-12)3-5-9;9-5-7-1-3-8(4-2-7)10-6-11;1-2/h2-5,7H,1H3,(H,13,14);1-4,6H,(H,10,11);1-2H3. The molecule has 2 rings (SSSR count). The average Bonchev–Trinajstić information content (AvgIpc) is 2.71. The van der Waals surface area contributed by atoms with Gasteiger partial charge in [-0.3, -0.25) is 9.59 Å². The van der Waals surface area contributed by atoms with Crippen molar-refractivity contribution in [3.05, 3.63) is 59.7 Å². The number of anilines is 2. The first kappa shape index (κ1) is 23.3. The summed E-state index contributed by atoms with van der Waals surface area (Å²) in [6, 6.07) is 16.8. The number of alkyl halides is 1. The highest BCUT2D eigenvalue weighted by molar-refractivity contribution is 5.93. The molecule has 2 amide bonds. The molecule has 0 aliphatic carbocycles. The van der Waals surface area contributed by atoms with Gasteiger partial charge in [0, 0.05) is 11.4 Å². The van der Waals surface area contributed by atoms with Crippen LogP contribution in [-0.4, -0.2) is 18.5 Å². The molecule has 0 radical (unpaired) electrons. The van der Waals surface area contributed by atoms with Crippen LogP contribution in [0.3, 0.4) is 0 Å². The van der Waals surface area contributed by atoms with Crippen molar-refractivity contribution in [2.75, 3.05) is 10.6 Å². The van der Waals surface area contributed by atoms with Crippen LogP contribution in [-0.2, 0) is 9.59 Å². The molecular weight excluding hydrogens is 347 g/mol. The number of nitriles is 2. The first-order chi connectivity index (χ1) is 13.0. The topological polar surface area (TPSA) is 106 Å². The molecule has 0 aliphatic rings. The van der Waals surface area contributed by atoms with Crippen LogP contribution in [0.25, 0.3) is 0 Å². The van der Waals surface area contributed by atoms with Gasteiger partial charge in [0.2, 0.25) is 6.41 Å². The van der Waals surface area contributed by atoms with Crippen molar-refractivity contribution in [1.29, 1.82) is 10.5 Å². The number of hydrogen-bond acceptors (Lipinski definition) is 4. The predicted molar refractivity (Wildman–Crippen MR) is 103 cm³/mol. The Labute approximate surface area is 158 Å². The highest BCUT2D eigenvalue weighted by atomic mass is 19.1. The molecule has 0 spiro atoms. The third-order valence-corrected chi connectivity index (χ3v) is 2.88. The van der Waals surface area contributed by atoms with Gasteiger partial charge in [0.15, 0.2) is 6.17 Å². The van der Waals surface area contributed by atoms with Crippen molar-refractivity contribution < 1.29 is 14.0 Å². The molecule has 2 aromatic carbocycles. The summed E-state index contributed by atoms with van der Waals surface area (Å²) >= 11 is 0. The smallest absolute Gasteiger partial charge is 0.258 e. The van der Waals surface area contributed by atoms with Crippen molar-refractivity contribution >= 4 is 23.7 Å². The van der Waals surface area contributed by atoms with E-state index in [1.807, 2.05) is 26.0 Å². The molecular formula is C20H21FN4O2. The zero-order valence-electron chi connectivity index (χ0n) is 15.4. The number of rotatable bonds is 4. The lowest BCUT2D eigenvalue weighted by Gasteiger charge is -2.04. The van der Waals surface area contributed by atoms with E-state index in [1.165, 1.54) is 6.92 Å². The molecule has 0 heterocycles. The van der Waals surface area contributed by atoms with Crippen molar-refractivity contribution in [1.82, 2.24) is 0 Å². The Morgan fingerprint density at radius 2 is 1.37 bits per heavy atom. The van der Waals surface area contributed by atoms with Gasteiger partial charge < -0.3 is 10.6 Å². The van der Waals surface area contributed by atoms with Gasteiger partial charge in [0.05, 0.1) is 23.3 Å². The van der Waals surface area contributed by atoms with E-state index in [2.05, 4.69) is 10.6 Å². The summed E-state index contributed by atoms with van der Waals surface area (Å²) in [6.07, 6.45) is -0.938. The lowest BCUT2D eigenvalue weighted by molar-refractivity contribution is -0.120. The second-order valence-corrected chi connectivity index (χ2v) is 4.75. The van der Waals surface area contributed by atoms with Crippen molar-refractivity contribution in [3.63, 3.8) is 0 Å². The molecule has 0 aliphatic heterocycles. The van der Waals surface area contributed by atoms with Crippen molar-refractivity contribution in [2.45, 2.75) is 26.9 Å². The van der Waals surface area contributed by atoms with E-state index in [-0.39, 0.29) is 0 Å². The maximum absolute atomic E-state index is 12.5. The summed E-state index contributed by atoms with van der Waals surface area (Å²) in [5, 5.41) is 21.8. The zero-order chi connectivity index (χ0) is 20.7. The minimum absolute atomic E-state index is 0.485. The van der Waals surface area contributed by atoms with Crippen LogP contribution >= 0.6 is 0 Å². The van der Waals surface area contributed by atoms with Gasteiger partial charge in [-0.25, -0.2) is 4.39 Å². The molecule has 27 heavy (non-hydrogen) atoms. The van der Waals surface area contributed by atoms with Crippen LogP contribution in [0.5, 0.6) is 0 Å². The summed E-state index contributed by atoms with van der Waals surface area (Å²) in [5.74, 6) is -0.685. The number of carbonyl (C=O) groups excluding carboxylic acids is 2. The maximum Gasteiger partial charge on any atom is 0.258 e. The minimum atomic E-state index is -1.54. The number of benzene rings is 2. The minimum Gasteiger partial charge on any atom is -0.329 e. The Balaban J connectivity index is 0.000000469. The van der Waals surface area contributed by atoms with Crippen LogP contribution < -0.4 is 10.6 Å². The van der Waals surface area contributed by atoms with Crippen LogP contribution in [0, 0.1) is 22.7 Å². The largest absolute Gasteiger partial charge is 0.329 e. The quantitative estimate of drug-likeness (QED) is 0.795. The van der Waals surface area contributed by atoms with Crippen molar-refractivity contribution in [2.24, 2.45) is 0 Å². The van der Waals surface area contributed by atoms with Gasteiger partial charge in [-0.05, 0) is 55.5 Å². The van der Waals surface area contributed by atoms with E-state index in [4.69, 9.17) is 10.5 Å². The number of nitrogens with zero attached hydrogens (tertiary/aromatic N) is 2. The fourth-order valence-electron chi connectivity index (χ4n) is 1.58. The molecule has 1 unspecified atom stereocenters. The summed E-state index contributed by atoms with van der Waals surface area (Å²) in [5.41, 5.74) is 2.26. The number of carbonyl (C=O) groups is 2. The molecule has 2 aromatic rings. The molecule has 140 valence electrons. The van der Waals surface area contributed by atoms with E-state index in [0.29, 0.717) is 28.9 Å². The molecule has 6 nitrogen and oxygen atoms in total. The molecule has 0 saturated carbocycles. The Kier molecular flexibility index (Phi) is 11.7. The van der Waals surface area contributed by atoms with Gasteiger partial charge in [0.25, 0.3) is 5.91 Å². The molecule has 0 bridgehead atoms. The highest BCUT2D eigenvalue weighted by Crippen LogP contribution is 2.09. The number of amides is 2. The van der Waals surface area contributed by atoms with E-state index >= 15 is 0 Å². The highest BCUT2D eigenvalue weighted by Gasteiger charge is 2.10. The second-order valence-electron chi connectivity index (χ2n) is 4.75. The number of nitrogens with one attached hydrogen (secondary N) is 2. The predicted octanol–water partition coefficient (Wildman–Crippen LogP) is 4.01. The fraction of sp³-hybridized carbons (Fsp3) is 0.200. The van der Waals surface area contributed by atoms with E-state index < -0.39 is 12.1 Å². The van der Waals surface area contributed by atoms with Crippen LogP contribution in [0.1, 0.15) is 31.9 Å². The number of hydrogen-bond donors (Lipinski definition) is 2.